The van der Waals surface area contributed by atoms with Gasteiger partial charge in [0.25, 0.3) is 5.69 Å². The number of benzene rings is 1. The number of hydrogen-bond acceptors (Lipinski definition) is 5. The molecule has 0 amide bonds. The van der Waals surface area contributed by atoms with E-state index in [9.17, 15) is 14.9 Å². The van der Waals surface area contributed by atoms with Crippen LogP contribution in [0.4, 0.5) is 11.4 Å². The van der Waals surface area contributed by atoms with Gasteiger partial charge in [-0.05, 0) is 18.6 Å². The topological polar surface area (TPSA) is 116 Å². The summed E-state index contributed by atoms with van der Waals surface area (Å²) in [6, 6.07) is 4.77. The van der Waals surface area contributed by atoms with E-state index < -0.39 is 16.9 Å². The molecule has 2 N–H and O–H groups in total. The predicted octanol–water partition coefficient (Wildman–Crippen LogP) is 1.74. The number of nitriles is 1. The normalized spacial score (nSPS) is 11.3. The van der Waals surface area contributed by atoms with Gasteiger partial charge >= 0.3 is 5.97 Å². The van der Waals surface area contributed by atoms with Crippen LogP contribution in [0.1, 0.15) is 18.9 Å². The zero-order valence-corrected chi connectivity index (χ0v) is 9.58. The Balaban J connectivity index is 3.06. The Morgan fingerprint density at radius 1 is 1.67 bits per heavy atom. The lowest BCUT2D eigenvalue weighted by Gasteiger charge is -2.13. The molecule has 0 aromatic heterocycles. The molecule has 0 aliphatic rings. The zero-order chi connectivity index (χ0) is 13.7. The first kappa shape index (κ1) is 13.4. The number of carboxylic acids is 1. The number of nitrogens with one attached hydrogen (secondary N) is 1. The van der Waals surface area contributed by atoms with E-state index in [2.05, 4.69) is 5.32 Å². The van der Waals surface area contributed by atoms with Gasteiger partial charge in [0.15, 0.2) is 0 Å². The van der Waals surface area contributed by atoms with Crippen molar-refractivity contribution < 1.29 is 14.8 Å². The van der Waals surface area contributed by atoms with Crippen molar-refractivity contribution in [2.45, 2.75) is 19.4 Å². The highest BCUT2D eigenvalue weighted by Crippen LogP contribution is 2.23. The van der Waals surface area contributed by atoms with Crippen LogP contribution in [0.3, 0.4) is 0 Å². The van der Waals surface area contributed by atoms with Crippen molar-refractivity contribution in [3.8, 4) is 6.07 Å². The highest BCUT2D eigenvalue weighted by molar-refractivity contribution is 5.77. The molecule has 0 fully saturated rings. The molecule has 0 heterocycles. The van der Waals surface area contributed by atoms with E-state index >= 15 is 0 Å². The van der Waals surface area contributed by atoms with E-state index in [0.29, 0.717) is 12.1 Å². The number of nitro groups is 1. The summed E-state index contributed by atoms with van der Waals surface area (Å²) in [7, 11) is 0. The van der Waals surface area contributed by atoms with Crippen LogP contribution in [0.2, 0.25) is 0 Å². The lowest BCUT2D eigenvalue weighted by Crippen LogP contribution is -2.28. The molecular weight excluding hydrogens is 238 g/mol. The largest absolute Gasteiger partial charge is 0.480 e. The number of nitro benzene ring substituents is 1. The molecule has 7 heteroatoms. The van der Waals surface area contributed by atoms with Crippen LogP contribution in [-0.4, -0.2) is 22.0 Å². The fourth-order valence-corrected chi connectivity index (χ4v) is 1.41. The van der Waals surface area contributed by atoms with Crippen molar-refractivity contribution in [2.24, 2.45) is 0 Å². The summed E-state index contributed by atoms with van der Waals surface area (Å²) < 4.78 is 0. The second-order valence-electron chi connectivity index (χ2n) is 3.54. The van der Waals surface area contributed by atoms with Crippen LogP contribution in [0.5, 0.6) is 0 Å². The summed E-state index contributed by atoms with van der Waals surface area (Å²) in [5, 5.41) is 31.0. The van der Waals surface area contributed by atoms with Gasteiger partial charge in [0.1, 0.15) is 17.7 Å². The van der Waals surface area contributed by atoms with Gasteiger partial charge < -0.3 is 10.4 Å². The van der Waals surface area contributed by atoms with Gasteiger partial charge in [-0.1, -0.05) is 6.92 Å². The van der Waals surface area contributed by atoms with Crippen LogP contribution in [0.15, 0.2) is 18.2 Å². The minimum absolute atomic E-state index is 0.0612. The van der Waals surface area contributed by atoms with Crippen molar-refractivity contribution in [2.75, 3.05) is 5.32 Å². The zero-order valence-electron chi connectivity index (χ0n) is 9.58. The Morgan fingerprint density at radius 2 is 2.33 bits per heavy atom. The third kappa shape index (κ3) is 2.95. The van der Waals surface area contributed by atoms with Crippen LogP contribution in [-0.2, 0) is 4.79 Å². The quantitative estimate of drug-likeness (QED) is 0.606. The number of anilines is 1. The lowest BCUT2D eigenvalue weighted by molar-refractivity contribution is -0.385. The number of carbonyl (C=O) groups is 1. The molecule has 0 saturated heterocycles. The first-order valence-electron chi connectivity index (χ1n) is 5.17. The third-order valence-corrected chi connectivity index (χ3v) is 2.36. The van der Waals surface area contributed by atoms with E-state index in [0.717, 1.165) is 6.07 Å². The number of carboxylic acid groups (broad SMARTS) is 1. The lowest BCUT2D eigenvalue weighted by atomic mass is 10.1. The Hall–Kier alpha value is -2.62. The minimum atomic E-state index is -1.04. The fourth-order valence-electron chi connectivity index (χ4n) is 1.41. The first-order valence-corrected chi connectivity index (χ1v) is 5.17. The molecular formula is C11H11N3O4. The summed E-state index contributed by atoms with van der Waals surface area (Å²) in [5.41, 5.74) is -0.105. The van der Waals surface area contributed by atoms with Crippen molar-refractivity contribution in [1.29, 1.82) is 5.26 Å². The van der Waals surface area contributed by atoms with Crippen molar-refractivity contribution in [1.82, 2.24) is 0 Å². The highest BCUT2D eigenvalue weighted by atomic mass is 16.6. The number of nitrogens with zero attached hydrogens (tertiary/aromatic N) is 2. The monoisotopic (exact) mass is 249 g/mol. The third-order valence-electron chi connectivity index (χ3n) is 2.36. The molecule has 0 bridgehead atoms. The van der Waals surface area contributed by atoms with E-state index in [-0.39, 0.29) is 11.3 Å². The van der Waals surface area contributed by atoms with Crippen LogP contribution in [0, 0.1) is 21.4 Å². The Morgan fingerprint density at radius 3 is 2.78 bits per heavy atom. The van der Waals surface area contributed by atoms with Gasteiger partial charge in [-0.25, -0.2) is 4.79 Å². The standard InChI is InChI=1S/C11H11N3O4/c1-2-9(11(15)16)13-8-4-3-7(6-12)10(5-8)14(17)18/h3-5,9,13H,2H2,1H3,(H,15,16). The number of rotatable bonds is 5. The molecule has 0 aliphatic heterocycles. The van der Waals surface area contributed by atoms with Gasteiger partial charge in [0.05, 0.1) is 4.92 Å². The van der Waals surface area contributed by atoms with Gasteiger partial charge in [-0.3, -0.25) is 10.1 Å². The maximum Gasteiger partial charge on any atom is 0.326 e. The van der Waals surface area contributed by atoms with Crippen molar-refractivity contribution in [3.63, 3.8) is 0 Å². The average molecular weight is 249 g/mol. The van der Waals surface area contributed by atoms with Gasteiger partial charge in [-0.15, -0.1) is 0 Å². The van der Waals surface area contributed by atoms with E-state index in [1.54, 1.807) is 13.0 Å². The Labute approximate surface area is 103 Å². The second kappa shape index (κ2) is 5.63. The molecule has 1 atom stereocenters. The van der Waals surface area contributed by atoms with Gasteiger partial charge in [0, 0.05) is 11.8 Å². The first-order chi connectivity index (χ1) is 8.49. The van der Waals surface area contributed by atoms with E-state index in [4.69, 9.17) is 10.4 Å². The molecule has 94 valence electrons. The minimum Gasteiger partial charge on any atom is -0.480 e. The molecule has 0 radical (unpaired) electrons. The highest BCUT2D eigenvalue weighted by Gasteiger charge is 2.18. The molecule has 1 unspecified atom stereocenters. The number of hydrogen-bond donors (Lipinski definition) is 2. The molecule has 0 saturated carbocycles. The van der Waals surface area contributed by atoms with Crippen LogP contribution in [0.25, 0.3) is 0 Å². The SMILES string of the molecule is CCC(Nc1ccc(C#N)c([N+](=O)[O-])c1)C(=O)O. The Bertz CT molecular complexity index is 522. The summed E-state index contributed by atoms with van der Waals surface area (Å²) in [6.07, 6.45) is 0.336. The summed E-state index contributed by atoms with van der Waals surface area (Å²) in [6.45, 7) is 1.68. The second-order valence-corrected chi connectivity index (χ2v) is 3.54. The molecule has 7 nitrogen and oxygen atoms in total. The molecule has 0 spiro atoms. The molecule has 1 aromatic carbocycles. The molecule has 0 aliphatic carbocycles. The predicted molar refractivity (Wildman–Crippen MR) is 63.1 cm³/mol. The molecule has 1 aromatic rings. The number of aliphatic carboxylic acids is 1. The summed E-state index contributed by atoms with van der Waals surface area (Å²) >= 11 is 0. The molecule has 18 heavy (non-hydrogen) atoms. The maximum atomic E-state index is 10.8. The van der Waals surface area contributed by atoms with E-state index in [1.165, 1.54) is 12.1 Å². The van der Waals surface area contributed by atoms with Crippen molar-refractivity contribution in [3.05, 3.63) is 33.9 Å². The van der Waals surface area contributed by atoms with Gasteiger partial charge in [0.2, 0.25) is 0 Å². The van der Waals surface area contributed by atoms with Crippen LogP contribution < -0.4 is 5.32 Å². The summed E-state index contributed by atoms with van der Waals surface area (Å²) in [5.74, 6) is -1.04. The maximum absolute atomic E-state index is 10.8. The smallest absolute Gasteiger partial charge is 0.326 e. The average Bonchev–Trinajstić information content (AvgIpc) is 2.35. The summed E-state index contributed by atoms with van der Waals surface area (Å²) in [4.78, 5) is 20.9. The van der Waals surface area contributed by atoms with Crippen LogP contribution >= 0.6 is 0 Å². The van der Waals surface area contributed by atoms with Gasteiger partial charge in [-0.2, -0.15) is 5.26 Å². The molecule has 1 rings (SSSR count). The van der Waals surface area contributed by atoms with Crippen molar-refractivity contribution >= 4 is 17.3 Å². The Kier molecular flexibility index (Phi) is 4.21. The fraction of sp³-hybridized carbons (Fsp3) is 0.273. The van der Waals surface area contributed by atoms with E-state index in [1.807, 2.05) is 0 Å².